The lowest BCUT2D eigenvalue weighted by atomic mass is 9.92. The Bertz CT molecular complexity index is 2460. The third-order valence-electron chi connectivity index (χ3n) is 8.96. The summed E-state index contributed by atoms with van der Waals surface area (Å²) in [4.78, 5) is 0. The van der Waals surface area contributed by atoms with Crippen LogP contribution in [0.5, 0.6) is 0 Å². The normalized spacial score (nSPS) is 11.7. The molecule has 8 aromatic carbocycles. The molecule has 1 nitrogen and oxygen atoms in total. The third-order valence-corrected chi connectivity index (χ3v) is 8.96. The van der Waals surface area contributed by atoms with Crippen LogP contribution in [0.2, 0.25) is 0 Å². The van der Waals surface area contributed by atoms with Crippen molar-refractivity contribution >= 4 is 54.1 Å². The Morgan fingerprint density at radius 3 is 1.49 bits per heavy atom. The van der Waals surface area contributed by atoms with Crippen molar-refractivity contribution in [3.8, 4) is 27.9 Å². The monoisotopic (exact) mass is 545 g/mol. The molecule has 1 heterocycles. The number of aromatic nitrogens is 1. The maximum atomic E-state index is 2.41. The molecule has 9 aromatic rings. The van der Waals surface area contributed by atoms with Gasteiger partial charge in [-0.05, 0) is 91.0 Å². The topological polar surface area (TPSA) is 4.93 Å². The molecule has 200 valence electrons. The van der Waals surface area contributed by atoms with Crippen LogP contribution in [0.3, 0.4) is 0 Å². The van der Waals surface area contributed by atoms with Crippen molar-refractivity contribution in [2.75, 3.05) is 0 Å². The van der Waals surface area contributed by atoms with Gasteiger partial charge in [0.05, 0.1) is 11.0 Å². The summed E-state index contributed by atoms with van der Waals surface area (Å²) in [5.41, 5.74) is 8.51. The van der Waals surface area contributed by atoms with Gasteiger partial charge in [-0.15, -0.1) is 0 Å². The molecule has 0 radical (unpaired) electrons. The van der Waals surface area contributed by atoms with Gasteiger partial charge in [-0.2, -0.15) is 0 Å². The van der Waals surface area contributed by atoms with Crippen molar-refractivity contribution in [3.05, 3.63) is 164 Å². The molecule has 0 aliphatic carbocycles. The van der Waals surface area contributed by atoms with Crippen molar-refractivity contribution in [3.63, 3.8) is 0 Å². The van der Waals surface area contributed by atoms with Crippen molar-refractivity contribution < 1.29 is 0 Å². The molecule has 0 aliphatic rings. The molecule has 0 amide bonds. The fourth-order valence-electron chi connectivity index (χ4n) is 6.97. The van der Waals surface area contributed by atoms with E-state index < -0.39 is 0 Å². The van der Waals surface area contributed by atoms with Crippen LogP contribution in [0.1, 0.15) is 0 Å². The number of rotatable bonds is 3. The first kappa shape index (κ1) is 24.0. The van der Waals surface area contributed by atoms with E-state index in [1.54, 1.807) is 0 Å². The molecule has 9 rings (SSSR count). The first-order valence-corrected chi connectivity index (χ1v) is 14.9. The molecule has 0 fully saturated rings. The van der Waals surface area contributed by atoms with Crippen molar-refractivity contribution in [1.29, 1.82) is 0 Å². The predicted octanol–water partition coefficient (Wildman–Crippen LogP) is 11.6. The lowest BCUT2D eigenvalue weighted by Crippen LogP contribution is -1.94. The molecule has 0 unspecified atom stereocenters. The molecule has 0 atom stereocenters. The van der Waals surface area contributed by atoms with Crippen molar-refractivity contribution in [1.82, 2.24) is 4.57 Å². The number of fused-ring (bicyclic) bond motifs is 9. The van der Waals surface area contributed by atoms with E-state index in [0.717, 1.165) is 0 Å². The van der Waals surface area contributed by atoms with Crippen LogP contribution in [0.15, 0.2) is 164 Å². The second-order valence-electron chi connectivity index (χ2n) is 11.4. The van der Waals surface area contributed by atoms with E-state index in [9.17, 15) is 0 Å². The summed E-state index contributed by atoms with van der Waals surface area (Å²) >= 11 is 0. The molecular formula is C42H27N. The van der Waals surface area contributed by atoms with Crippen molar-refractivity contribution in [2.45, 2.75) is 0 Å². The minimum atomic E-state index is 1.17. The lowest BCUT2D eigenvalue weighted by molar-refractivity contribution is 1.18. The molecule has 0 saturated carbocycles. The van der Waals surface area contributed by atoms with E-state index in [1.165, 1.54) is 82.1 Å². The Morgan fingerprint density at radius 1 is 0.256 bits per heavy atom. The Hall–Kier alpha value is -5.66. The Balaban J connectivity index is 1.24. The highest BCUT2D eigenvalue weighted by molar-refractivity contribution is 6.25. The first-order valence-electron chi connectivity index (χ1n) is 14.9. The van der Waals surface area contributed by atoms with Gasteiger partial charge in [-0.1, -0.05) is 127 Å². The molecule has 0 saturated heterocycles. The zero-order valence-electron chi connectivity index (χ0n) is 23.5. The predicted molar refractivity (Wildman–Crippen MR) is 184 cm³/mol. The third kappa shape index (κ3) is 3.72. The summed E-state index contributed by atoms with van der Waals surface area (Å²) < 4.78 is 2.41. The van der Waals surface area contributed by atoms with Crippen LogP contribution in [-0.4, -0.2) is 4.57 Å². The van der Waals surface area contributed by atoms with Crippen LogP contribution >= 0.6 is 0 Å². The Labute approximate surface area is 249 Å². The van der Waals surface area contributed by atoms with E-state index in [0.29, 0.717) is 0 Å². The summed E-state index contributed by atoms with van der Waals surface area (Å²) in [6.45, 7) is 0. The molecule has 43 heavy (non-hydrogen) atoms. The van der Waals surface area contributed by atoms with Gasteiger partial charge in [0.1, 0.15) is 0 Å². The average Bonchev–Trinajstić information content (AvgIpc) is 3.42. The Kier molecular flexibility index (Phi) is 5.27. The molecule has 0 N–H and O–H groups in total. The Morgan fingerprint density at radius 2 is 0.744 bits per heavy atom. The molecule has 0 aliphatic heterocycles. The van der Waals surface area contributed by atoms with E-state index in [-0.39, 0.29) is 0 Å². The SMILES string of the molecule is c1ccc(-c2ccc3c(c2)c2ccccc2n3-c2cccc(-c3ccc4c5ccccc5c5ccccc5c4c3)c2)cc1. The van der Waals surface area contributed by atoms with Crippen LogP contribution in [-0.2, 0) is 0 Å². The van der Waals surface area contributed by atoms with Gasteiger partial charge < -0.3 is 4.57 Å². The lowest BCUT2D eigenvalue weighted by Gasteiger charge is -2.13. The van der Waals surface area contributed by atoms with Gasteiger partial charge in [-0.25, -0.2) is 0 Å². The minimum absolute atomic E-state index is 1.17. The van der Waals surface area contributed by atoms with Gasteiger partial charge in [0.2, 0.25) is 0 Å². The van der Waals surface area contributed by atoms with E-state index in [1.807, 2.05) is 0 Å². The summed E-state index contributed by atoms with van der Waals surface area (Å²) in [6.07, 6.45) is 0. The van der Waals surface area contributed by atoms with Crippen LogP contribution in [0.4, 0.5) is 0 Å². The number of benzene rings is 8. The van der Waals surface area contributed by atoms with Gasteiger partial charge in [0.25, 0.3) is 0 Å². The molecule has 1 heteroatoms. The molecule has 0 bridgehead atoms. The van der Waals surface area contributed by atoms with Crippen LogP contribution < -0.4 is 0 Å². The zero-order chi connectivity index (χ0) is 28.3. The first-order chi connectivity index (χ1) is 21.3. The summed E-state index contributed by atoms with van der Waals surface area (Å²) in [6, 6.07) is 59.7. The zero-order valence-corrected chi connectivity index (χ0v) is 23.5. The van der Waals surface area contributed by atoms with Gasteiger partial charge in [0, 0.05) is 16.5 Å². The van der Waals surface area contributed by atoms with E-state index in [2.05, 4.69) is 168 Å². The fraction of sp³-hybridized carbons (Fsp3) is 0. The molecule has 0 spiro atoms. The summed E-state index contributed by atoms with van der Waals surface area (Å²) in [5.74, 6) is 0. The smallest absolute Gasteiger partial charge is 0.0541 e. The summed E-state index contributed by atoms with van der Waals surface area (Å²) in [5, 5.41) is 10.3. The van der Waals surface area contributed by atoms with Gasteiger partial charge >= 0.3 is 0 Å². The number of hydrogen-bond acceptors (Lipinski definition) is 0. The number of nitrogens with zero attached hydrogens (tertiary/aromatic N) is 1. The average molecular weight is 546 g/mol. The highest BCUT2D eigenvalue weighted by atomic mass is 15.0. The summed E-state index contributed by atoms with van der Waals surface area (Å²) in [7, 11) is 0. The van der Waals surface area contributed by atoms with Gasteiger partial charge in [0.15, 0.2) is 0 Å². The number of para-hydroxylation sites is 1. The number of hydrogen-bond donors (Lipinski definition) is 0. The van der Waals surface area contributed by atoms with E-state index >= 15 is 0 Å². The standard InChI is InChI=1S/C42H27N/c1-2-11-28(12-3-1)30-22-24-42-40(27-30)38-19-8-9-20-41(38)43(42)32-14-10-13-29(25-32)31-21-23-37-35-17-5-4-15-33(35)34-16-6-7-18-36(34)39(37)26-31/h1-27H. The molecular weight excluding hydrogens is 518 g/mol. The highest BCUT2D eigenvalue weighted by Crippen LogP contribution is 2.39. The largest absolute Gasteiger partial charge is 0.309 e. The maximum Gasteiger partial charge on any atom is 0.0541 e. The fourth-order valence-corrected chi connectivity index (χ4v) is 6.97. The quantitative estimate of drug-likeness (QED) is 0.195. The second kappa shape index (κ2) is 9.44. The van der Waals surface area contributed by atoms with Crippen LogP contribution in [0.25, 0.3) is 82.1 Å². The maximum absolute atomic E-state index is 2.41. The molecule has 1 aromatic heterocycles. The van der Waals surface area contributed by atoms with Gasteiger partial charge in [-0.3, -0.25) is 0 Å². The van der Waals surface area contributed by atoms with Crippen LogP contribution in [0, 0.1) is 0 Å². The highest BCUT2D eigenvalue weighted by Gasteiger charge is 2.14. The second-order valence-corrected chi connectivity index (χ2v) is 11.4. The minimum Gasteiger partial charge on any atom is -0.309 e. The van der Waals surface area contributed by atoms with Crippen molar-refractivity contribution in [2.24, 2.45) is 0 Å². The van der Waals surface area contributed by atoms with E-state index in [4.69, 9.17) is 0 Å².